The predicted molar refractivity (Wildman–Crippen MR) is 97.1 cm³/mol. The summed E-state index contributed by atoms with van der Waals surface area (Å²) in [5.74, 6) is 0.557. The number of sulfonamides is 1. The van der Waals surface area contributed by atoms with Crippen molar-refractivity contribution < 1.29 is 8.42 Å². The maximum atomic E-state index is 12.5. The van der Waals surface area contributed by atoms with Crippen molar-refractivity contribution in [2.24, 2.45) is 0 Å². The lowest BCUT2D eigenvalue weighted by atomic mass is 10.2. The summed E-state index contributed by atoms with van der Waals surface area (Å²) in [4.78, 5) is 8.62. The maximum Gasteiger partial charge on any atom is 0.244 e. The van der Waals surface area contributed by atoms with Crippen LogP contribution >= 0.6 is 11.3 Å². The van der Waals surface area contributed by atoms with Crippen LogP contribution in [0.4, 0.5) is 5.82 Å². The van der Waals surface area contributed by atoms with E-state index in [2.05, 4.69) is 25.5 Å². The Morgan fingerprint density at radius 3 is 2.60 bits per heavy atom. The van der Waals surface area contributed by atoms with E-state index in [1.807, 2.05) is 13.8 Å². The zero-order chi connectivity index (χ0) is 18.2. The number of benzene rings is 1. The van der Waals surface area contributed by atoms with E-state index in [1.165, 1.54) is 36.1 Å². The standard InChI is InChI=1S/C15H18N6O2S2/c1-9(15-20-19-10(2)24-15)18-14-11-6-5-7-12(13(11)16-8-17-14)25(22,23)21(3)4/h5-9H,1-4H3,(H,16,17,18). The van der Waals surface area contributed by atoms with Crippen LogP contribution in [0.2, 0.25) is 0 Å². The summed E-state index contributed by atoms with van der Waals surface area (Å²) in [5.41, 5.74) is 0.384. The lowest BCUT2D eigenvalue weighted by Gasteiger charge is -2.16. The van der Waals surface area contributed by atoms with Crippen LogP contribution in [0.5, 0.6) is 0 Å². The lowest BCUT2D eigenvalue weighted by molar-refractivity contribution is 0.521. The molecule has 25 heavy (non-hydrogen) atoms. The molecule has 0 spiro atoms. The van der Waals surface area contributed by atoms with Gasteiger partial charge < -0.3 is 5.32 Å². The van der Waals surface area contributed by atoms with Gasteiger partial charge in [0.1, 0.15) is 27.1 Å². The minimum absolute atomic E-state index is 0.113. The zero-order valence-electron chi connectivity index (χ0n) is 14.3. The number of para-hydroxylation sites is 1. The number of hydrogen-bond acceptors (Lipinski definition) is 8. The first kappa shape index (κ1) is 17.6. The van der Waals surface area contributed by atoms with Crippen molar-refractivity contribution >= 4 is 38.1 Å². The Kier molecular flexibility index (Phi) is 4.67. The molecular weight excluding hydrogens is 360 g/mol. The van der Waals surface area contributed by atoms with E-state index in [-0.39, 0.29) is 10.9 Å². The molecule has 0 aliphatic carbocycles. The number of nitrogens with zero attached hydrogens (tertiary/aromatic N) is 5. The molecule has 0 amide bonds. The van der Waals surface area contributed by atoms with Gasteiger partial charge in [-0.25, -0.2) is 22.7 Å². The molecule has 8 nitrogen and oxygen atoms in total. The van der Waals surface area contributed by atoms with Crippen molar-refractivity contribution in [2.45, 2.75) is 24.8 Å². The summed E-state index contributed by atoms with van der Waals surface area (Å²) >= 11 is 1.50. The minimum Gasteiger partial charge on any atom is -0.360 e. The molecule has 0 saturated carbocycles. The lowest BCUT2D eigenvalue weighted by Crippen LogP contribution is -2.22. The molecule has 10 heteroatoms. The third kappa shape index (κ3) is 3.32. The first-order valence-corrected chi connectivity index (χ1v) is 9.79. The van der Waals surface area contributed by atoms with Gasteiger partial charge in [-0.3, -0.25) is 0 Å². The van der Waals surface area contributed by atoms with Gasteiger partial charge in [-0.15, -0.1) is 10.2 Å². The number of aromatic nitrogens is 4. The summed E-state index contributed by atoms with van der Waals surface area (Å²) in [5, 5.41) is 13.8. The highest BCUT2D eigenvalue weighted by molar-refractivity contribution is 7.89. The van der Waals surface area contributed by atoms with Crippen molar-refractivity contribution in [3.63, 3.8) is 0 Å². The molecule has 132 valence electrons. The van der Waals surface area contributed by atoms with Crippen LogP contribution in [-0.2, 0) is 10.0 Å². The van der Waals surface area contributed by atoms with Gasteiger partial charge in [-0.1, -0.05) is 17.4 Å². The average molecular weight is 378 g/mol. The first-order chi connectivity index (χ1) is 11.8. The molecule has 3 rings (SSSR count). The van der Waals surface area contributed by atoms with Crippen LogP contribution in [0, 0.1) is 6.92 Å². The highest BCUT2D eigenvalue weighted by atomic mass is 32.2. The summed E-state index contributed by atoms with van der Waals surface area (Å²) in [6.07, 6.45) is 1.36. The van der Waals surface area contributed by atoms with Crippen molar-refractivity contribution in [1.29, 1.82) is 0 Å². The first-order valence-electron chi connectivity index (χ1n) is 7.53. The van der Waals surface area contributed by atoms with E-state index in [0.29, 0.717) is 16.7 Å². The van der Waals surface area contributed by atoms with Crippen molar-refractivity contribution in [2.75, 3.05) is 19.4 Å². The van der Waals surface area contributed by atoms with Gasteiger partial charge in [0.05, 0.1) is 11.6 Å². The highest BCUT2D eigenvalue weighted by Crippen LogP contribution is 2.29. The third-order valence-corrected chi connectivity index (χ3v) is 6.52. The fourth-order valence-electron chi connectivity index (χ4n) is 2.33. The van der Waals surface area contributed by atoms with Crippen molar-refractivity contribution in [3.05, 3.63) is 34.5 Å². The van der Waals surface area contributed by atoms with Gasteiger partial charge in [-0.2, -0.15) is 0 Å². The number of nitrogens with one attached hydrogen (secondary N) is 1. The average Bonchev–Trinajstić information content (AvgIpc) is 3.01. The second-order valence-electron chi connectivity index (χ2n) is 5.69. The quantitative estimate of drug-likeness (QED) is 0.726. The van der Waals surface area contributed by atoms with E-state index in [0.717, 1.165) is 10.0 Å². The number of aryl methyl sites for hydroxylation is 1. The summed E-state index contributed by atoms with van der Waals surface area (Å²) in [7, 11) is -0.614. The van der Waals surface area contributed by atoms with Crippen molar-refractivity contribution in [3.8, 4) is 0 Å². The number of anilines is 1. The zero-order valence-corrected chi connectivity index (χ0v) is 15.9. The van der Waals surface area contributed by atoms with Crippen LogP contribution in [-0.4, -0.2) is 47.0 Å². The van der Waals surface area contributed by atoms with E-state index in [1.54, 1.807) is 18.2 Å². The van der Waals surface area contributed by atoms with Crippen molar-refractivity contribution in [1.82, 2.24) is 24.5 Å². The number of hydrogen-bond donors (Lipinski definition) is 1. The van der Waals surface area contributed by atoms with Crippen LogP contribution in [0.1, 0.15) is 23.0 Å². The number of fused-ring (bicyclic) bond motifs is 1. The molecule has 0 aliphatic heterocycles. The Balaban J connectivity index is 2.06. The molecule has 3 aromatic rings. The van der Waals surface area contributed by atoms with Crippen LogP contribution < -0.4 is 5.32 Å². The van der Waals surface area contributed by atoms with Gasteiger partial charge >= 0.3 is 0 Å². The largest absolute Gasteiger partial charge is 0.360 e. The molecule has 2 heterocycles. The Bertz CT molecular complexity index is 1020. The normalized spacial score (nSPS) is 13.3. The monoisotopic (exact) mass is 378 g/mol. The molecule has 1 aromatic carbocycles. The van der Waals surface area contributed by atoms with E-state index < -0.39 is 10.0 Å². The topological polar surface area (TPSA) is 101 Å². The third-order valence-electron chi connectivity index (χ3n) is 3.65. The molecule has 0 bridgehead atoms. The Morgan fingerprint density at radius 2 is 1.96 bits per heavy atom. The van der Waals surface area contributed by atoms with Crippen LogP contribution in [0.15, 0.2) is 29.4 Å². The fraction of sp³-hybridized carbons (Fsp3) is 0.333. The molecule has 2 aromatic heterocycles. The Hall–Kier alpha value is -2.17. The second kappa shape index (κ2) is 6.62. The Labute approximate surface area is 150 Å². The second-order valence-corrected chi connectivity index (χ2v) is 9.02. The summed E-state index contributed by atoms with van der Waals surface area (Å²) < 4.78 is 26.2. The summed E-state index contributed by atoms with van der Waals surface area (Å²) in [6, 6.07) is 4.92. The van der Waals surface area contributed by atoms with Gasteiger partial charge in [-0.05, 0) is 26.0 Å². The van der Waals surface area contributed by atoms with Gasteiger partial charge in [0.25, 0.3) is 0 Å². The summed E-state index contributed by atoms with van der Waals surface area (Å²) in [6.45, 7) is 3.85. The molecule has 1 unspecified atom stereocenters. The SMILES string of the molecule is Cc1nnc(C(C)Nc2ncnc3c(S(=O)(=O)N(C)C)cccc23)s1. The molecule has 1 atom stereocenters. The van der Waals surface area contributed by atoms with E-state index in [9.17, 15) is 8.42 Å². The highest BCUT2D eigenvalue weighted by Gasteiger charge is 2.22. The minimum atomic E-state index is -3.60. The smallest absolute Gasteiger partial charge is 0.244 e. The molecular formula is C15H18N6O2S2. The maximum absolute atomic E-state index is 12.5. The number of rotatable bonds is 5. The Morgan fingerprint density at radius 1 is 1.20 bits per heavy atom. The molecule has 1 N–H and O–H groups in total. The molecule has 0 saturated heterocycles. The molecule has 0 aliphatic rings. The van der Waals surface area contributed by atoms with Gasteiger partial charge in [0, 0.05) is 19.5 Å². The van der Waals surface area contributed by atoms with E-state index in [4.69, 9.17) is 0 Å². The van der Waals surface area contributed by atoms with Gasteiger partial charge in [0.2, 0.25) is 10.0 Å². The molecule has 0 radical (unpaired) electrons. The van der Waals surface area contributed by atoms with Crippen LogP contribution in [0.25, 0.3) is 10.9 Å². The van der Waals surface area contributed by atoms with Gasteiger partial charge in [0.15, 0.2) is 0 Å². The fourth-order valence-corrected chi connectivity index (χ4v) is 4.09. The predicted octanol–water partition coefficient (Wildman–Crippen LogP) is 2.21. The van der Waals surface area contributed by atoms with Crippen LogP contribution in [0.3, 0.4) is 0 Å². The van der Waals surface area contributed by atoms with E-state index >= 15 is 0 Å². The molecule has 0 fully saturated rings.